The maximum absolute atomic E-state index is 14.4. The average molecular weight is 769 g/mol. The smallest absolute Gasteiger partial charge is 0.416 e. The van der Waals surface area contributed by atoms with Gasteiger partial charge in [-0.2, -0.15) is 13.2 Å². The van der Waals surface area contributed by atoms with Gasteiger partial charge in [0, 0.05) is 49.1 Å². The zero-order chi connectivity index (χ0) is 38.2. The van der Waals surface area contributed by atoms with Crippen LogP contribution in [0.1, 0.15) is 56.0 Å². The molecule has 16 heteroatoms. The Hall–Kier alpha value is -4.05. The maximum atomic E-state index is 14.4. The van der Waals surface area contributed by atoms with Gasteiger partial charge >= 0.3 is 12.2 Å². The third-order valence-electron chi connectivity index (χ3n) is 8.69. The highest BCUT2D eigenvalue weighted by Gasteiger charge is 2.32. The minimum Gasteiger partial charge on any atom is -0.490 e. The van der Waals surface area contributed by atoms with E-state index in [1.165, 1.54) is 71.4 Å². The van der Waals surface area contributed by atoms with Gasteiger partial charge in [-0.1, -0.05) is 18.5 Å². The predicted octanol–water partition coefficient (Wildman–Crippen LogP) is 7.12. The number of ether oxygens (including phenoxy) is 2. The molecule has 0 bridgehead atoms. The summed E-state index contributed by atoms with van der Waals surface area (Å²) in [6.07, 6.45) is -3.39. The lowest BCUT2D eigenvalue weighted by molar-refractivity contribution is -0.137. The molecule has 0 radical (unpaired) electrons. The number of aliphatic hydroxyl groups excluding tert-OH is 1. The number of benzene rings is 3. The van der Waals surface area contributed by atoms with Crippen molar-refractivity contribution in [3.63, 3.8) is 0 Å². The number of carbonyl (C=O) groups excluding carboxylic acids is 2. The molecule has 0 aromatic heterocycles. The summed E-state index contributed by atoms with van der Waals surface area (Å²) in [5.41, 5.74) is -0.455. The van der Waals surface area contributed by atoms with E-state index >= 15 is 0 Å². The first-order valence-electron chi connectivity index (χ1n) is 16.8. The Morgan fingerprint density at radius 1 is 1.06 bits per heavy atom. The number of likely N-dealkylation sites (N-methyl/N-ethyl adjacent to an activating group) is 1. The van der Waals surface area contributed by atoms with E-state index < -0.39 is 51.8 Å². The van der Waals surface area contributed by atoms with Crippen LogP contribution in [0.2, 0.25) is 5.02 Å². The summed E-state index contributed by atoms with van der Waals surface area (Å²) in [6.45, 7) is 5.51. The first kappa shape index (κ1) is 40.7. The molecule has 4 rings (SSSR count). The summed E-state index contributed by atoms with van der Waals surface area (Å²) in [7, 11) is -2.51. The lowest BCUT2D eigenvalue weighted by atomic mass is 10.0. The molecule has 0 unspecified atom stereocenters. The number of nitrogens with zero attached hydrogens (tertiary/aromatic N) is 2. The third-order valence-corrected chi connectivity index (χ3v) is 10.3. The van der Waals surface area contributed by atoms with Crippen LogP contribution < -0.4 is 14.8 Å². The van der Waals surface area contributed by atoms with E-state index in [1.807, 2.05) is 13.8 Å². The van der Waals surface area contributed by atoms with Crippen LogP contribution in [0.3, 0.4) is 0 Å². The first-order chi connectivity index (χ1) is 24.5. The van der Waals surface area contributed by atoms with Gasteiger partial charge in [-0.15, -0.1) is 0 Å². The standard InChI is InChI=1S/C36H44ClF3N4O7S/c1-23-20-44(24(2)22-45)34(46)31-19-29(42-52(48,49)30-15-10-27(37)11-16-30)14-17-32(31)51-25(3)7-5-6-18-50-33(23)21-43(4)35(47)41-28-12-8-26(9-13-28)36(38,39)40/h8-17,19,23-25,33,42,45H,5-7,18,20-22H2,1-4H3,(H,41,47)/t23-,24+,25+,33-/m1/s1. The molecule has 1 aliphatic rings. The number of urea groups is 1. The molecule has 3 amide bonds. The van der Waals surface area contributed by atoms with Crippen molar-refractivity contribution in [1.29, 1.82) is 0 Å². The molecule has 0 aliphatic carbocycles. The molecule has 4 atom stereocenters. The van der Waals surface area contributed by atoms with Gasteiger partial charge in [-0.3, -0.25) is 9.52 Å². The van der Waals surface area contributed by atoms with Gasteiger partial charge in [0.1, 0.15) is 5.75 Å². The fourth-order valence-electron chi connectivity index (χ4n) is 5.59. The van der Waals surface area contributed by atoms with Crippen molar-refractivity contribution in [2.45, 2.75) is 69.4 Å². The summed E-state index contributed by atoms with van der Waals surface area (Å²) in [6, 6.07) is 12.9. The van der Waals surface area contributed by atoms with E-state index in [0.29, 0.717) is 24.5 Å². The molecule has 3 aromatic carbocycles. The van der Waals surface area contributed by atoms with Crippen molar-refractivity contribution in [3.05, 3.63) is 82.9 Å². The van der Waals surface area contributed by atoms with Crippen molar-refractivity contribution in [3.8, 4) is 5.75 Å². The Labute approximate surface area is 307 Å². The molecule has 0 spiro atoms. The Morgan fingerprint density at radius 3 is 2.35 bits per heavy atom. The Morgan fingerprint density at radius 2 is 1.71 bits per heavy atom. The summed E-state index contributed by atoms with van der Waals surface area (Å²) in [5.74, 6) is -0.663. The highest BCUT2D eigenvalue weighted by atomic mass is 35.5. The maximum Gasteiger partial charge on any atom is 0.416 e. The van der Waals surface area contributed by atoms with Crippen molar-refractivity contribution in [1.82, 2.24) is 9.80 Å². The number of rotatable bonds is 8. The van der Waals surface area contributed by atoms with Gasteiger partial charge in [0.2, 0.25) is 0 Å². The van der Waals surface area contributed by atoms with Gasteiger partial charge in [0.25, 0.3) is 15.9 Å². The SMILES string of the molecule is C[C@@H]1CN([C@@H](C)CO)C(=O)c2cc(NS(=O)(=O)c3ccc(Cl)cc3)ccc2O[C@@H](C)CCCCO[C@@H]1CN(C)C(=O)Nc1ccc(C(F)(F)F)cc1. The predicted molar refractivity (Wildman–Crippen MR) is 192 cm³/mol. The summed E-state index contributed by atoms with van der Waals surface area (Å²) in [5, 5.41) is 13.2. The van der Waals surface area contributed by atoms with Crippen LogP contribution in [-0.4, -0.2) is 86.9 Å². The fraction of sp³-hybridized carbons (Fsp3) is 0.444. The molecule has 0 saturated carbocycles. The van der Waals surface area contributed by atoms with Crippen molar-refractivity contribution in [2.24, 2.45) is 5.92 Å². The highest BCUT2D eigenvalue weighted by molar-refractivity contribution is 7.92. The number of anilines is 2. The number of aliphatic hydroxyl groups is 1. The van der Waals surface area contributed by atoms with Gasteiger partial charge in [-0.25, -0.2) is 13.2 Å². The molecule has 0 fully saturated rings. The number of carbonyl (C=O) groups is 2. The number of amides is 3. The van der Waals surface area contributed by atoms with Crippen LogP contribution in [0, 0.1) is 5.92 Å². The van der Waals surface area contributed by atoms with Crippen LogP contribution in [0.4, 0.5) is 29.3 Å². The number of fused-ring (bicyclic) bond motifs is 1. The number of halogens is 4. The van der Waals surface area contributed by atoms with Crippen LogP contribution in [0.25, 0.3) is 0 Å². The van der Waals surface area contributed by atoms with E-state index in [2.05, 4.69) is 10.0 Å². The van der Waals surface area contributed by atoms with Crippen molar-refractivity contribution < 1.29 is 45.8 Å². The fourth-order valence-corrected chi connectivity index (χ4v) is 6.77. The molecular weight excluding hydrogens is 725 g/mol. The molecule has 11 nitrogen and oxygen atoms in total. The summed E-state index contributed by atoms with van der Waals surface area (Å²) < 4.78 is 80.3. The van der Waals surface area contributed by atoms with Crippen LogP contribution >= 0.6 is 11.6 Å². The minimum atomic E-state index is -4.51. The van der Waals surface area contributed by atoms with Crippen molar-refractivity contribution >= 4 is 44.9 Å². The molecular formula is C36H44ClF3N4O7S. The second kappa shape index (κ2) is 17.6. The largest absolute Gasteiger partial charge is 0.490 e. The quantitative estimate of drug-likeness (QED) is 0.222. The number of alkyl halides is 3. The Bertz CT molecular complexity index is 1780. The first-order valence-corrected chi connectivity index (χ1v) is 18.7. The Balaban J connectivity index is 1.59. The monoisotopic (exact) mass is 768 g/mol. The summed E-state index contributed by atoms with van der Waals surface area (Å²) in [4.78, 5) is 30.2. The van der Waals surface area contributed by atoms with Gasteiger partial charge < -0.3 is 29.7 Å². The number of hydrogen-bond donors (Lipinski definition) is 3. The highest BCUT2D eigenvalue weighted by Crippen LogP contribution is 2.31. The van der Waals surface area contributed by atoms with Crippen LogP contribution in [-0.2, 0) is 20.9 Å². The van der Waals surface area contributed by atoms with Gasteiger partial charge in [-0.05, 0) is 99.8 Å². The third kappa shape index (κ3) is 11.0. The molecule has 3 aromatic rings. The van der Waals surface area contributed by atoms with Gasteiger partial charge in [0.05, 0.1) is 40.9 Å². The van der Waals surface area contributed by atoms with E-state index in [1.54, 1.807) is 6.92 Å². The van der Waals surface area contributed by atoms with Gasteiger partial charge in [0.15, 0.2) is 0 Å². The van der Waals surface area contributed by atoms with Crippen molar-refractivity contribution in [2.75, 3.05) is 43.4 Å². The van der Waals surface area contributed by atoms with Crippen LogP contribution in [0.15, 0.2) is 71.6 Å². The van der Waals surface area contributed by atoms with E-state index in [0.717, 1.165) is 18.6 Å². The zero-order valence-electron chi connectivity index (χ0n) is 29.3. The molecule has 1 aliphatic heterocycles. The second-order valence-corrected chi connectivity index (χ2v) is 15.1. The topological polar surface area (TPSA) is 138 Å². The zero-order valence-corrected chi connectivity index (χ0v) is 30.9. The van der Waals surface area contributed by atoms with E-state index in [9.17, 15) is 36.3 Å². The average Bonchev–Trinajstić information content (AvgIpc) is 3.09. The second-order valence-electron chi connectivity index (χ2n) is 13.0. The lowest BCUT2D eigenvalue weighted by Gasteiger charge is -2.35. The molecule has 52 heavy (non-hydrogen) atoms. The molecule has 3 N–H and O–H groups in total. The molecule has 1 heterocycles. The normalized spacial score (nSPS) is 19.8. The number of nitrogens with one attached hydrogen (secondary N) is 2. The number of sulfonamides is 1. The van der Waals surface area contributed by atoms with Crippen LogP contribution in [0.5, 0.6) is 5.75 Å². The van der Waals surface area contributed by atoms with E-state index in [-0.39, 0.29) is 53.4 Å². The Kier molecular flexibility index (Phi) is 13.8. The lowest BCUT2D eigenvalue weighted by Crippen LogP contribution is -2.48. The molecule has 284 valence electrons. The summed E-state index contributed by atoms with van der Waals surface area (Å²) >= 11 is 5.93. The molecule has 0 saturated heterocycles. The van der Waals surface area contributed by atoms with E-state index in [4.69, 9.17) is 21.1 Å². The minimum absolute atomic E-state index is 0.0263. The number of hydrogen-bond acceptors (Lipinski definition) is 7.